The molecule has 6 heteroatoms. The van der Waals surface area contributed by atoms with Gasteiger partial charge in [0.2, 0.25) is 0 Å². The zero-order valence-electron chi connectivity index (χ0n) is 14.3. The number of benzene rings is 2. The first-order valence-corrected chi connectivity index (χ1v) is 7.81. The van der Waals surface area contributed by atoms with Gasteiger partial charge in [0.15, 0.2) is 0 Å². The molecule has 0 aromatic heterocycles. The van der Waals surface area contributed by atoms with Crippen molar-refractivity contribution in [3.8, 4) is 11.8 Å². The fraction of sp³-hybridized carbons (Fsp3) is 0.263. The van der Waals surface area contributed by atoms with Crippen molar-refractivity contribution in [3.05, 3.63) is 59.7 Å². The second-order valence-electron chi connectivity index (χ2n) is 6.19. The molecule has 6 nitrogen and oxygen atoms in total. The molecule has 3 N–H and O–H groups in total. The third-order valence-corrected chi connectivity index (χ3v) is 3.41. The van der Waals surface area contributed by atoms with E-state index in [1.165, 1.54) is 0 Å². The van der Waals surface area contributed by atoms with E-state index >= 15 is 0 Å². The maximum Gasteiger partial charge on any atom is 0.407 e. The van der Waals surface area contributed by atoms with Gasteiger partial charge in [-0.1, -0.05) is 36.4 Å². The van der Waals surface area contributed by atoms with Gasteiger partial charge in [-0.05, 0) is 31.5 Å². The Morgan fingerprint density at radius 1 is 1.20 bits per heavy atom. The Morgan fingerprint density at radius 2 is 1.92 bits per heavy atom. The molecule has 0 atom stereocenters. The second-order valence-corrected chi connectivity index (χ2v) is 6.19. The summed E-state index contributed by atoms with van der Waals surface area (Å²) in [7, 11) is 0. The number of nitrogen functional groups attached to an aromatic ring is 1. The van der Waals surface area contributed by atoms with Crippen molar-refractivity contribution in [2.24, 2.45) is 0 Å². The van der Waals surface area contributed by atoms with Gasteiger partial charge in [0, 0.05) is 0 Å². The molecule has 1 amide bonds. The molecule has 2 aromatic carbocycles. The van der Waals surface area contributed by atoms with Crippen LogP contribution in [-0.2, 0) is 11.3 Å². The largest absolute Gasteiger partial charge is 0.490 e. The lowest BCUT2D eigenvalue weighted by Gasteiger charge is -2.26. The molecule has 2 rings (SSSR count). The fourth-order valence-electron chi connectivity index (χ4n) is 2.12. The van der Waals surface area contributed by atoms with Crippen LogP contribution in [0.4, 0.5) is 10.5 Å². The molecule has 130 valence electrons. The van der Waals surface area contributed by atoms with Crippen LogP contribution in [0, 0.1) is 11.3 Å². The van der Waals surface area contributed by atoms with Crippen molar-refractivity contribution < 1.29 is 14.3 Å². The number of rotatable bonds is 6. The quantitative estimate of drug-likeness (QED) is 0.788. The number of amides is 1. The molecule has 0 fully saturated rings. The SMILES string of the molecule is CC(C)(COc1cccc(N)c1C#N)NC(=O)OCc1ccccc1. The van der Waals surface area contributed by atoms with Crippen LogP contribution in [0.25, 0.3) is 0 Å². The number of carbonyl (C=O) groups is 1. The molecule has 0 bridgehead atoms. The third kappa shape index (κ3) is 5.43. The van der Waals surface area contributed by atoms with E-state index in [-0.39, 0.29) is 18.8 Å². The van der Waals surface area contributed by atoms with Gasteiger partial charge in [0.1, 0.15) is 30.6 Å². The monoisotopic (exact) mass is 339 g/mol. The van der Waals surface area contributed by atoms with Gasteiger partial charge in [-0.15, -0.1) is 0 Å². The zero-order chi connectivity index (χ0) is 18.3. The van der Waals surface area contributed by atoms with Crippen LogP contribution in [-0.4, -0.2) is 18.2 Å². The standard InChI is InChI=1S/C19H21N3O3/c1-19(2,13-25-17-10-6-9-16(21)15(17)11-20)22-18(23)24-12-14-7-4-3-5-8-14/h3-10H,12-13,21H2,1-2H3,(H,22,23). The molecule has 2 aromatic rings. The van der Waals surface area contributed by atoms with Gasteiger partial charge in [-0.25, -0.2) is 4.79 Å². The molecule has 0 heterocycles. The number of hydrogen-bond donors (Lipinski definition) is 2. The highest BCUT2D eigenvalue weighted by Gasteiger charge is 2.23. The normalized spacial score (nSPS) is 10.6. The third-order valence-electron chi connectivity index (χ3n) is 3.41. The molecule has 0 radical (unpaired) electrons. The summed E-state index contributed by atoms with van der Waals surface area (Å²) in [6, 6.07) is 16.4. The molecule has 25 heavy (non-hydrogen) atoms. The average Bonchev–Trinajstić information content (AvgIpc) is 2.59. The molecule has 0 aliphatic carbocycles. The summed E-state index contributed by atoms with van der Waals surface area (Å²) in [5.74, 6) is 0.384. The number of alkyl carbamates (subject to hydrolysis) is 1. The van der Waals surface area contributed by atoms with E-state index in [9.17, 15) is 4.79 Å². The lowest BCUT2D eigenvalue weighted by molar-refractivity contribution is 0.119. The maximum atomic E-state index is 12.0. The van der Waals surface area contributed by atoms with Crippen molar-refractivity contribution in [2.75, 3.05) is 12.3 Å². The lowest BCUT2D eigenvalue weighted by atomic mass is 10.1. The highest BCUT2D eigenvalue weighted by atomic mass is 16.5. The summed E-state index contributed by atoms with van der Waals surface area (Å²) in [5.41, 5.74) is 6.61. The number of nitriles is 1. The zero-order valence-corrected chi connectivity index (χ0v) is 14.3. The van der Waals surface area contributed by atoms with Crippen molar-refractivity contribution in [3.63, 3.8) is 0 Å². The summed E-state index contributed by atoms with van der Waals surface area (Å²) >= 11 is 0. The van der Waals surface area contributed by atoms with E-state index in [1.54, 1.807) is 32.0 Å². The molecule has 0 saturated carbocycles. The first-order valence-electron chi connectivity index (χ1n) is 7.81. The highest BCUT2D eigenvalue weighted by Crippen LogP contribution is 2.24. The van der Waals surface area contributed by atoms with E-state index < -0.39 is 11.6 Å². The van der Waals surface area contributed by atoms with Gasteiger partial charge in [0.25, 0.3) is 0 Å². The van der Waals surface area contributed by atoms with E-state index in [4.69, 9.17) is 20.5 Å². The number of nitrogens with two attached hydrogens (primary N) is 1. The van der Waals surface area contributed by atoms with Crippen molar-refractivity contribution in [2.45, 2.75) is 26.0 Å². The second kappa shape index (κ2) is 8.06. The molecule has 0 aliphatic rings. The number of ether oxygens (including phenoxy) is 2. The average molecular weight is 339 g/mol. The Bertz CT molecular complexity index is 767. The molecule has 0 unspecified atom stereocenters. The van der Waals surface area contributed by atoms with E-state index in [0.29, 0.717) is 11.4 Å². The van der Waals surface area contributed by atoms with E-state index in [0.717, 1.165) is 5.56 Å². The van der Waals surface area contributed by atoms with Gasteiger partial charge in [-0.2, -0.15) is 5.26 Å². The molecule has 0 saturated heterocycles. The van der Waals surface area contributed by atoms with Crippen LogP contribution < -0.4 is 15.8 Å². The van der Waals surface area contributed by atoms with Crippen LogP contribution in [0.1, 0.15) is 25.0 Å². The molecule has 0 spiro atoms. The summed E-state index contributed by atoms with van der Waals surface area (Å²) in [6.07, 6.45) is -0.537. The topological polar surface area (TPSA) is 97.4 Å². The van der Waals surface area contributed by atoms with Gasteiger partial charge in [-0.3, -0.25) is 0 Å². The predicted molar refractivity (Wildman–Crippen MR) is 94.9 cm³/mol. The van der Waals surface area contributed by atoms with Crippen LogP contribution in [0.3, 0.4) is 0 Å². The number of hydrogen-bond acceptors (Lipinski definition) is 5. The first-order chi connectivity index (χ1) is 11.9. The Morgan fingerprint density at radius 3 is 2.60 bits per heavy atom. The maximum absolute atomic E-state index is 12.0. The predicted octanol–water partition coefficient (Wildman–Crippen LogP) is 3.22. The van der Waals surface area contributed by atoms with Crippen LogP contribution >= 0.6 is 0 Å². The van der Waals surface area contributed by atoms with Crippen LogP contribution in [0.15, 0.2) is 48.5 Å². The number of nitrogens with zero attached hydrogens (tertiary/aromatic N) is 1. The van der Waals surface area contributed by atoms with E-state index in [2.05, 4.69) is 5.32 Å². The smallest absolute Gasteiger partial charge is 0.407 e. The molecule has 0 aliphatic heterocycles. The van der Waals surface area contributed by atoms with Gasteiger partial charge < -0.3 is 20.5 Å². The number of anilines is 1. The minimum absolute atomic E-state index is 0.158. The minimum atomic E-state index is -0.689. The Kier molecular flexibility index (Phi) is 5.85. The summed E-state index contributed by atoms with van der Waals surface area (Å²) < 4.78 is 10.9. The lowest BCUT2D eigenvalue weighted by Crippen LogP contribution is -2.48. The van der Waals surface area contributed by atoms with Gasteiger partial charge >= 0.3 is 6.09 Å². The van der Waals surface area contributed by atoms with Crippen LogP contribution in [0.5, 0.6) is 5.75 Å². The highest BCUT2D eigenvalue weighted by molar-refractivity contribution is 5.68. The van der Waals surface area contributed by atoms with Crippen molar-refractivity contribution in [1.29, 1.82) is 5.26 Å². The van der Waals surface area contributed by atoms with E-state index in [1.807, 2.05) is 36.4 Å². The van der Waals surface area contributed by atoms with Crippen molar-refractivity contribution >= 4 is 11.8 Å². The van der Waals surface area contributed by atoms with Gasteiger partial charge in [0.05, 0.1) is 11.2 Å². The Balaban J connectivity index is 1.88. The summed E-state index contributed by atoms with van der Waals surface area (Å²) in [6.45, 7) is 3.95. The Hall–Kier alpha value is -3.20. The Labute approximate surface area is 147 Å². The summed E-state index contributed by atoms with van der Waals surface area (Å²) in [5, 5.41) is 11.9. The molecular weight excluding hydrogens is 318 g/mol. The number of carbonyl (C=O) groups excluding carboxylic acids is 1. The minimum Gasteiger partial charge on any atom is -0.490 e. The molecular formula is C19H21N3O3. The summed E-state index contributed by atoms with van der Waals surface area (Å²) in [4.78, 5) is 12.0. The fourth-order valence-corrected chi connectivity index (χ4v) is 2.12. The van der Waals surface area contributed by atoms with Crippen LogP contribution in [0.2, 0.25) is 0 Å². The van der Waals surface area contributed by atoms with Crippen molar-refractivity contribution in [1.82, 2.24) is 5.32 Å². The first kappa shape index (κ1) is 18.1. The number of nitrogens with one attached hydrogen (secondary N) is 1.